The van der Waals surface area contributed by atoms with E-state index in [0.717, 1.165) is 12.8 Å². The second kappa shape index (κ2) is 9.23. The predicted octanol–water partition coefficient (Wildman–Crippen LogP) is 4.61. The number of carbonyl (C=O) groups excluding carboxylic acids is 1. The maximum absolute atomic E-state index is 14.0. The summed E-state index contributed by atoms with van der Waals surface area (Å²) < 4.78 is 4.13. The molecule has 0 aliphatic heterocycles. The third kappa shape index (κ3) is 4.67. The number of hydrogen-bond acceptors (Lipinski definition) is 1. The van der Waals surface area contributed by atoms with Crippen molar-refractivity contribution in [3.63, 3.8) is 0 Å². The molecule has 3 aromatic rings. The molecule has 3 heteroatoms. The van der Waals surface area contributed by atoms with Gasteiger partial charge < -0.3 is 0 Å². The first-order valence-corrected chi connectivity index (χ1v) is 14.8. The van der Waals surface area contributed by atoms with Gasteiger partial charge in [0, 0.05) is 0 Å². The molecular formula is C25H27BrGeO. The molecule has 0 aliphatic carbocycles. The van der Waals surface area contributed by atoms with Crippen molar-refractivity contribution in [2.45, 2.75) is 37.4 Å². The third-order valence-electron chi connectivity index (χ3n) is 5.21. The molecule has 0 atom stereocenters. The van der Waals surface area contributed by atoms with Gasteiger partial charge >= 0.3 is 180 Å². The monoisotopic (exact) mass is 496 g/mol. The zero-order chi connectivity index (χ0) is 20.0. The number of halogens is 1. The summed E-state index contributed by atoms with van der Waals surface area (Å²) in [5.41, 5.74) is 0. The molecule has 0 bridgehead atoms. The Bertz CT molecular complexity index is 789. The van der Waals surface area contributed by atoms with E-state index in [9.17, 15) is 4.79 Å². The van der Waals surface area contributed by atoms with Crippen molar-refractivity contribution in [3.05, 3.63) is 91.0 Å². The van der Waals surface area contributed by atoms with Crippen LogP contribution in [0.15, 0.2) is 91.0 Å². The second-order valence-corrected chi connectivity index (χ2v) is 17.9. The maximum atomic E-state index is 14.0. The van der Waals surface area contributed by atoms with Gasteiger partial charge in [0.2, 0.25) is 0 Å². The van der Waals surface area contributed by atoms with Crippen LogP contribution in [0.25, 0.3) is 0 Å². The first-order chi connectivity index (χ1) is 13.4. The Kier molecular flexibility index (Phi) is 6.95. The Morgan fingerprint density at radius 3 is 1.43 bits per heavy atom. The van der Waals surface area contributed by atoms with E-state index in [1.54, 1.807) is 0 Å². The van der Waals surface area contributed by atoms with Gasteiger partial charge in [-0.2, -0.15) is 0 Å². The molecule has 0 heterocycles. The Morgan fingerprint density at radius 1 is 0.750 bits per heavy atom. The van der Waals surface area contributed by atoms with Crippen LogP contribution in [0.1, 0.15) is 33.1 Å². The van der Waals surface area contributed by atoms with Crippen LogP contribution in [0, 0.1) is 0 Å². The van der Waals surface area contributed by atoms with Crippen molar-refractivity contribution < 1.29 is 4.79 Å². The van der Waals surface area contributed by atoms with E-state index < -0.39 is 13.3 Å². The van der Waals surface area contributed by atoms with Crippen molar-refractivity contribution in [2.75, 3.05) is 0 Å². The van der Waals surface area contributed by atoms with Crippen molar-refractivity contribution >= 4 is 47.0 Å². The molecule has 0 unspecified atom stereocenters. The molecule has 0 spiro atoms. The summed E-state index contributed by atoms with van der Waals surface area (Å²) in [5.74, 6) is 0. The van der Waals surface area contributed by atoms with Crippen LogP contribution in [-0.4, -0.2) is 22.2 Å². The van der Waals surface area contributed by atoms with Gasteiger partial charge in [0.25, 0.3) is 0 Å². The molecule has 0 fully saturated rings. The second-order valence-electron chi connectivity index (χ2n) is 7.84. The summed E-state index contributed by atoms with van der Waals surface area (Å²) in [6, 6.07) is 31.4. The minimum atomic E-state index is -3.47. The molecule has 3 aromatic carbocycles. The number of alkyl halides is 1. The molecule has 0 radical (unpaired) electrons. The first-order valence-electron chi connectivity index (χ1n) is 9.83. The van der Waals surface area contributed by atoms with E-state index >= 15 is 0 Å². The minimum absolute atomic E-state index is 0.0647. The SMILES string of the molecule is CC(C)(Br)CCC[C](=O)[Ge]([c]1ccccc1)([c]1ccccc1)[c]1ccccc1. The average Bonchev–Trinajstić information content (AvgIpc) is 2.70. The van der Waals surface area contributed by atoms with Crippen LogP contribution in [0.4, 0.5) is 0 Å². The summed E-state index contributed by atoms with van der Waals surface area (Å²) in [5, 5.41) is 0. The summed E-state index contributed by atoms with van der Waals surface area (Å²) in [4.78, 5) is 14.0. The van der Waals surface area contributed by atoms with E-state index in [1.807, 2.05) is 18.2 Å². The quantitative estimate of drug-likeness (QED) is 0.329. The van der Waals surface area contributed by atoms with Crippen LogP contribution in [-0.2, 0) is 4.79 Å². The van der Waals surface area contributed by atoms with Gasteiger partial charge in [-0.25, -0.2) is 0 Å². The Morgan fingerprint density at radius 2 is 1.11 bits per heavy atom. The van der Waals surface area contributed by atoms with Crippen molar-refractivity contribution in [1.29, 1.82) is 0 Å². The van der Waals surface area contributed by atoms with Gasteiger partial charge in [-0.1, -0.05) is 0 Å². The van der Waals surface area contributed by atoms with Crippen LogP contribution in [0.5, 0.6) is 0 Å². The predicted molar refractivity (Wildman–Crippen MR) is 126 cm³/mol. The summed E-state index contributed by atoms with van der Waals surface area (Å²) in [7, 11) is 0. The van der Waals surface area contributed by atoms with E-state index in [0.29, 0.717) is 11.0 Å². The van der Waals surface area contributed by atoms with Crippen LogP contribution < -0.4 is 13.2 Å². The fraction of sp³-hybridized carbons (Fsp3) is 0.240. The van der Waals surface area contributed by atoms with Gasteiger partial charge in [0.15, 0.2) is 0 Å². The van der Waals surface area contributed by atoms with E-state index in [4.69, 9.17) is 0 Å². The Labute approximate surface area is 179 Å². The van der Waals surface area contributed by atoms with Gasteiger partial charge in [0.05, 0.1) is 0 Å². The average molecular weight is 496 g/mol. The van der Waals surface area contributed by atoms with Crippen LogP contribution in [0.3, 0.4) is 0 Å². The zero-order valence-corrected chi connectivity index (χ0v) is 20.3. The molecule has 0 aliphatic rings. The Hall–Kier alpha value is -1.65. The molecular weight excluding hydrogens is 469 g/mol. The number of rotatable bonds is 8. The van der Waals surface area contributed by atoms with E-state index in [1.165, 1.54) is 13.2 Å². The van der Waals surface area contributed by atoms with Crippen LogP contribution in [0.2, 0.25) is 0 Å². The molecule has 0 saturated heterocycles. The molecule has 0 N–H and O–H groups in total. The Balaban J connectivity index is 2.15. The normalized spacial score (nSPS) is 12.0. The van der Waals surface area contributed by atoms with Gasteiger partial charge in [0.1, 0.15) is 0 Å². The summed E-state index contributed by atoms with van der Waals surface area (Å²) >= 11 is 0.245. The number of benzene rings is 3. The summed E-state index contributed by atoms with van der Waals surface area (Å²) in [6.45, 7) is 4.33. The standard InChI is InChI=1S/C25H27BrGeO/c1-25(2,26)20-12-19-24(28)27(21-13-6-3-7-14-21,22-15-8-4-9-16-22)23-17-10-5-11-18-23/h3-11,13-18H,12,19-20H2,1-2H3. The molecule has 1 nitrogen and oxygen atoms in total. The molecule has 28 heavy (non-hydrogen) atoms. The van der Waals surface area contributed by atoms with Gasteiger partial charge in [-0.3, -0.25) is 0 Å². The molecule has 0 amide bonds. The van der Waals surface area contributed by atoms with Crippen molar-refractivity contribution in [1.82, 2.24) is 0 Å². The zero-order valence-electron chi connectivity index (χ0n) is 16.6. The van der Waals surface area contributed by atoms with Gasteiger partial charge in [-0.15, -0.1) is 0 Å². The van der Waals surface area contributed by atoms with Gasteiger partial charge in [-0.05, 0) is 0 Å². The van der Waals surface area contributed by atoms with Crippen molar-refractivity contribution in [3.8, 4) is 0 Å². The topological polar surface area (TPSA) is 17.1 Å². The van der Waals surface area contributed by atoms with E-state index in [-0.39, 0.29) is 4.32 Å². The van der Waals surface area contributed by atoms with E-state index in [2.05, 4.69) is 103 Å². The van der Waals surface area contributed by atoms with Crippen LogP contribution >= 0.6 is 15.9 Å². The van der Waals surface area contributed by atoms with Crippen molar-refractivity contribution in [2.24, 2.45) is 0 Å². The molecule has 0 aromatic heterocycles. The fourth-order valence-electron chi connectivity index (χ4n) is 3.90. The fourth-order valence-corrected chi connectivity index (χ4v) is 13.8. The molecule has 3 rings (SSSR count). The number of carbonyl (C=O) groups is 1. The number of hydrogen-bond donors (Lipinski definition) is 0. The summed E-state index contributed by atoms with van der Waals surface area (Å²) in [6.07, 6.45) is 2.50. The molecule has 144 valence electrons. The first kappa shape index (κ1) is 21.1. The molecule has 0 saturated carbocycles. The third-order valence-corrected chi connectivity index (χ3v) is 15.4.